The molecule has 0 saturated heterocycles. The van der Waals surface area contributed by atoms with Gasteiger partial charge in [-0.05, 0) is 44.9 Å². The minimum atomic E-state index is -0.703. The van der Waals surface area contributed by atoms with Crippen molar-refractivity contribution in [2.75, 3.05) is 4.90 Å². The van der Waals surface area contributed by atoms with Crippen LogP contribution in [-0.4, -0.2) is 22.7 Å². The summed E-state index contributed by atoms with van der Waals surface area (Å²) in [4.78, 5) is 1.59. The van der Waals surface area contributed by atoms with Gasteiger partial charge in [-0.15, -0.1) is 0 Å². The molecule has 1 aromatic rings. The van der Waals surface area contributed by atoms with Gasteiger partial charge in [0, 0.05) is 5.69 Å². The van der Waals surface area contributed by atoms with E-state index >= 15 is 0 Å². The van der Waals surface area contributed by atoms with Crippen LogP contribution in [0.1, 0.15) is 25.0 Å². The first-order valence-electron chi connectivity index (χ1n) is 5.16. The Morgan fingerprint density at radius 1 is 1.07 bits per heavy atom. The van der Waals surface area contributed by atoms with Gasteiger partial charge >= 0.3 is 0 Å². The number of hydrogen-bond donors (Lipinski definition) is 2. The highest BCUT2D eigenvalue weighted by Crippen LogP contribution is 2.25. The zero-order chi connectivity index (χ0) is 11.6. The van der Waals surface area contributed by atoms with Crippen LogP contribution >= 0.6 is 0 Å². The Labute approximate surface area is 91.0 Å². The molecular weight excluding hydrogens is 190 g/mol. The molecule has 2 unspecified atom stereocenters. The van der Waals surface area contributed by atoms with Crippen LogP contribution in [0.25, 0.3) is 0 Å². The lowest BCUT2D eigenvalue weighted by molar-refractivity contribution is 0.105. The monoisotopic (exact) mass is 209 g/mol. The molecule has 1 aromatic carbocycles. The largest absolute Gasteiger partial charge is 0.374 e. The Morgan fingerprint density at radius 3 is 2.07 bits per heavy atom. The lowest BCUT2D eigenvalue weighted by atomic mass is 10.1. The standard InChI is InChI=1S/C12H19NO2/c1-8-6-5-7-12(9(8)2)13(10(3)14)11(4)15/h5-7,10-11,14-15H,1-4H3. The van der Waals surface area contributed by atoms with Gasteiger partial charge in [-0.1, -0.05) is 12.1 Å². The molecule has 84 valence electrons. The van der Waals surface area contributed by atoms with Crippen molar-refractivity contribution in [1.82, 2.24) is 0 Å². The van der Waals surface area contributed by atoms with E-state index in [1.807, 2.05) is 32.0 Å². The molecule has 0 radical (unpaired) electrons. The maximum Gasteiger partial charge on any atom is 0.126 e. The highest BCUT2D eigenvalue weighted by atomic mass is 16.3. The van der Waals surface area contributed by atoms with Gasteiger partial charge in [0.2, 0.25) is 0 Å². The molecule has 0 bridgehead atoms. The van der Waals surface area contributed by atoms with Crippen molar-refractivity contribution in [3.05, 3.63) is 29.3 Å². The van der Waals surface area contributed by atoms with Gasteiger partial charge in [-0.2, -0.15) is 0 Å². The number of anilines is 1. The molecule has 15 heavy (non-hydrogen) atoms. The predicted octanol–water partition coefficient (Wildman–Crippen LogP) is 1.79. The third-order valence-electron chi connectivity index (χ3n) is 2.66. The molecule has 1 rings (SSSR count). The third-order valence-corrected chi connectivity index (χ3v) is 2.66. The number of hydrogen-bond acceptors (Lipinski definition) is 3. The van der Waals surface area contributed by atoms with Gasteiger partial charge in [0.25, 0.3) is 0 Å². The Hall–Kier alpha value is -1.06. The van der Waals surface area contributed by atoms with Gasteiger partial charge < -0.3 is 15.1 Å². The molecule has 0 aliphatic rings. The summed E-state index contributed by atoms with van der Waals surface area (Å²) in [6.07, 6.45) is -1.41. The Bertz CT molecular complexity index is 326. The van der Waals surface area contributed by atoms with Crippen LogP contribution in [0.15, 0.2) is 18.2 Å². The first-order chi connectivity index (χ1) is 6.95. The molecule has 0 saturated carbocycles. The average molecular weight is 209 g/mol. The fourth-order valence-corrected chi connectivity index (χ4v) is 1.73. The average Bonchev–Trinajstić information content (AvgIpc) is 2.11. The Balaban J connectivity index is 3.17. The molecule has 3 nitrogen and oxygen atoms in total. The number of benzene rings is 1. The summed E-state index contributed by atoms with van der Waals surface area (Å²) in [6.45, 7) is 7.30. The van der Waals surface area contributed by atoms with Crippen LogP contribution in [0.2, 0.25) is 0 Å². The van der Waals surface area contributed by atoms with Crippen molar-refractivity contribution in [1.29, 1.82) is 0 Å². The molecule has 2 atom stereocenters. The molecule has 0 fully saturated rings. The second-order valence-electron chi connectivity index (χ2n) is 3.89. The molecular formula is C12H19NO2. The minimum absolute atomic E-state index is 0.703. The van der Waals surface area contributed by atoms with Crippen LogP contribution in [-0.2, 0) is 0 Å². The molecule has 0 amide bonds. The van der Waals surface area contributed by atoms with Crippen molar-refractivity contribution in [2.24, 2.45) is 0 Å². The number of aryl methyl sites for hydroxylation is 1. The fourth-order valence-electron chi connectivity index (χ4n) is 1.73. The Kier molecular flexibility index (Phi) is 3.72. The number of nitrogens with zero attached hydrogens (tertiary/aromatic N) is 1. The lowest BCUT2D eigenvalue weighted by Crippen LogP contribution is -2.40. The van der Waals surface area contributed by atoms with Gasteiger partial charge in [0.15, 0.2) is 0 Å². The van der Waals surface area contributed by atoms with Gasteiger partial charge in [-0.3, -0.25) is 0 Å². The molecule has 0 heterocycles. The molecule has 2 N–H and O–H groups in total. The zero-order valence-electron chi connectivity index (χ0n) is 9.73. The molecule has 0 spiro atoms. The van der Waals surface area contributed by atoms with Crippen LogP contribution in [0.4, 0.5) is 5.69 Å². The summed E-state index contributed by atoms with van der Waals surface area (Å²) in [5.74, 6) is 0. The van der Waals surface area contributed by atoms with E-state index in [9.17, 15) is 10.2 Å². The topological polar surface area (TPSA) is 43.7 Å². The molecule has 0 aliphatic heterocycles. The van der Waals surface area contributed by atoms with E-state index < -0.39 is 12.5 Å². The first-order valence-corrected chi connectivity index (χ1v) is 5.16. The van der Waals surface area contributed by atoms with Gasteiger partial charge in [-0.25, -0.2) is 0 Å². The minimum Gasteiger partial charge on any atom is -0.374 e. The second kappa shape index (κ2) is 4.64. The van der Waals surface area contributed by atoms with Gasteiger partial charge in [0.05, 0.1) is 0 Å². The molecule has 0 aromatic heterocycles. The quantitative estimate of drug-likeness (QED) is 0.746. The smallest absolute Gasteiger partial charge is 0.126 e. The van der Waals surface area contributed by atoms with Crippen LogP contribution < -0.4 is 4.90 Å². The maximum atomic E-state index is 9.62. The summed E-state index contributed by atoms with van der Waals surface area (Å²) in [7, 11) is 0. The Morgan fingerprint density at radius 2 is 1.60 bits per heavy atom. The summed E-state index contributed by atoms with van der Waals surface area (Å²) in [5.41, 5.74) is 3.11. The van der Waals surface area contributed by atoms with E-state index in [1.165, 1.54) is 0 Å². The van der Waals surface area contributed by atoms with Crippen molar-refractivity contribution in [3.8, 4) is 0 Å². The van der Waals surface area contributed by atoms with E-state index in [2.05, 4.69) is 0 Å². The number of aliphatic hydroxyl groups excluding tert-OH is 2. The fraction of sp³-hybridized carbons (Fsp3) is 0.500. The summed E-state index contributed by atoms with van der Waals surface area (Å²) in [6, 6.07) is 5.85. The second-order valence-corrected chi connectivity index (χ2v) is 3.89. The molecule has 0 aliphatic carbocycles. The van der Waals surface area contributed by atoms with E-state index in [0.717, 1.165) is 16.8 Å². The van der Waals surface area contributed by atoms with Crippen molar-refractivity contribution in [2.45, 2.75) is 40.2 Å². The highest BCUT2D eigenvalue weighted by Gasteiger charge is 2.18. The maximum absolute atomic E-state index is 9.62. The SMILES string of the molecule is Cc1cccc(N(C(C)O)C(C)O)c1C. The van der Waals surface area contributed by atoms with Crippen molar-refractivity contribution in [3.63, 3.8) is 0 Å². The van der Waals surface area contributed by atoms with Crippen molar-refractivity contribution < 1.29 is 10.2 Å². The van der Waals surface area contributed by atoms with Crippen LogP contribution in [0, 0.1) is 13.8 Å². The van der Waals surface area contributed by atoms with Crippen LogP contribution in [0.3, 0.4) is 0 Å². The first kappa shape index (κ1) is 12.0. The number of aliphatic hydroxyl groups is 2. The van der Waals surface area contributed by atoms with Crippen LogP contribution in [0.5, 0.6) is 0 Å². The lowest BCUT2D eigenvalue weighted by Gasteiger charge is -2.32. The van der Waals surface area contributed by atoms with E-state index in [-0.39, 0.29) is 0 Å². The van der Waals surface area contributed by atoms with E-state index in [1.54, 1.807) is 18.7 Å². The molecule has 3 heteroatoms. The van der Waals surface area contributed by atoms with E-state index in [4.69, 9.17) is 0 Å². The van der Waals surface area contributed by atoms with E-state index in [0.29, 0.717) is 0 Å². The summed E-state index contributed by atoms with van der Waals surface area (Å²) in [5, 5.41) is 19.2. The number of rotatable bonds is 3. The van der Waals surface area contributed by atoms with Gasteiger partial charge in [0.1, 0.15) is 12.5 Å². The summed E-state index contributed by atoms with van der Waals surface area (Å²) < 4.78 is 0. The van der Waals surface area contributed by atoms with Crippen molar-refractivity contribution >= 4 is 5.69 Å². The highest BCUT2D eigenvalue weighted by molar-refractivity contribution is 5.56. The third kappa shape index (κ3) is 2.49. The normalized spacial score (nSPS) is 14.8. The zero-order valence-corrected chi connectivity index (χ0v) is 9.73. The summed E-state index contributed by atoms with van der Waals surface area (Å²) >= 11 is 0. The predicted molar refractivity (Wildman–Crippen MR) is 61.8 cm³/mol.